The summed E-state index contributed by atoms with van der Waals surface area (Å²) in [5.41, 5.74) is 4.01. The number of para-hydroxylation sites is 1. The van der Waals surface area contributed by atoms with Gasteiger partial charge in [-0.2, -0.15) is 0 Å². The van der Waals surface area contributed by atoms with Crippen molar-refractivity contribution in [1.82, 2.24) is 4.57 Å². The largest absolute Gasteiger partial charge is 0.432 e. The van der Waals surface area contributed by atoms with Gasteiger partial charge in [0.2, 0.25) is 0 Å². The second-order valence-corrected chi connectivity index (χ2v) is 5.13. The van der Waals surface area contributed by atoms with Crippen LogP contribution in [-0.4, -0.2) is 11.0 Å². The van der Waals surface area contributed by atoms with Crippen molar-refractivity contribution < 1.29 is 13.9 Å². The maximum atomic E-state index is 10.5. The van der Waals surface area contributed by atoms with E-state index in [9.17, 15) is 4.79 Å². The second kappa shape index (κ2) is 5.50. The van der Waals surface area contributed by atoms with Gasteiger partial charge in [0.1, 0.15) is 6.26 Å². The number of hydrogen-bond donors (Lipinski definition) is 0. The Balaban J connectivity index is 1.97. The molecule has 2 aromatic heterocycles. The van der Waals surface area contributed by atoms with Crippen LogP contribution in [0.15, 0.2) is 77.4 Å². The van der Waals surface area contributed by atoms with Crippen LogP contribution in [0.25, 0.3) is 27.8 Å². The van der Waals surface area contributed by atoms with E-state index < -0.39 is 0 Å². The number of ether oxygens (including phenoxy) is 1. The number of benzene rings is 2. The smallest absolute Gasteiger partial charge is 0.300 e. The Morgan fingerprint density at radius 2 is 1.74 bits per heavy atom. The molecule has 0 unspecified atom stereocenters. The SMILES string of the molecule is O=COc1cc(-n2c(-c3ccccc3)cc3ccccc32)co1. The molecule has 0 amide bonds. The standard InChI is InChI=1S/C19H13NO3/c21-13-23-19-11-16(12-22-19)20-17-9-5-4-8-15(17)10-18(20)14-6-2-1-3-7-14/h1-13H. The summed E-state index contributed by atoms with van der Waals surface area (Å²) in [4.78, 5) is 10.5. The fourth-order valence-corrected chi connectivity index (χ4v) is 2.79. The lowest BCUT2D eigenvalue weighted by Crippen LogP contribution is -1.94. The monoisotopic (exact) mass is 303 g/mol. The molecule has 4 heteroatoms. The molecule has 0 aliphatic carbocycles. The fourth-order valence-electron chi connectivity index (χ4n) is 2.79. The first-order chi connectivity index (χ1) is 11.4. The normalized spacial score (nSPS) is 10.8. The van der Waals surface area contributed by atoms with Gasteiger partial charge in [-0.3, -0.25) is 4.79 Å². The summed E-state index contributed by atoms with van der Waals surface area (Å²) < 4.78 is 12.2. The molecular formula is C19H13NO3. The lowest BCUT2D eigenvalue weighted by molar-refractivity contribution is -0.121. The molecular weight excluding hydrogens is 290 g/mol. The van der Waals surface area contributed by atoms with Crippen LogP contribution < -0.4 is 4.74 Å². The molecule has 0 atom stereocenters. The first-order valence-electron chi connectivity index (χ1n) is 7.22. The third-order valence-corrected chi connectivity index (χ3v) is 3.76. The number of fused-ring (bicyclic) bond motifs is 1. The van der Waals surface area contributed by atoms with Gasteiger partial charge in [0.25, 0.3) is 5.95 Å². The molecule has 4 aromatic rings. The van der Waals surface area contributed by atoms with Gasteiger partial charge in [-0.25, -0.2) is 0 Å². The van der Waals surface area contributed by atoms with Crippen molar-refractivity contribution >= 4 is 17.4 Å². The molecule has 23 heavy (non-hydrogen) atoms. The van der Waals surface area contributed by atoms with Crippen molar-refractivity contribution in [2.75, 3.05) is 0 Å². The Morgan fingerprint density at radius 1 is 0.957 bits per heavy atom. The number of rotatable bonds is 4. The van der Waals surface area contributed by atoms with Crippen molar-refractivity contribution in [3.05, 3.63) is 73.0 Å². The van der Waals surface area contributed by atoms with E-state index in [2.05, 4.69) is 34.9 Å². The van der Waals surface area contributed by atoms with Crippen LogP contribution >= 0.6 is 0 Å². The highest BCUT2D eigenvalue weighted by Gasteiger charge is 2.14. The Labute approximate surface area is 132 Å². The van der Waals surface area contributed by atoms with Crippen molar-refractivity contribution in [2.24, 2.45) is 0 Å². The quantitative estimate of drug-likeness (QED) is 0.524. The molecule has 0 aliphatic rings. The van der Waals surface area contributed by atoms with Gasteiger partial charge in [-0.05, 0) is 17.7 Å². The molecule has 0 saturated carbocycles. The molecule has 0 fully saturated rings. The average Bonchev–Trinajstić information content (AvgIpc) is 3.20. The molecule has 112 valence electrons. The molecule has 2 heterocycles. The predicted octanol–water partition coefficient (Wildman–Crippen LogP) is 4.43. The van der Waals surface area contributed by atoms with Gasteiger partial charge < -0.3 is 13.7 Å². The Kier molecular flexibility index (Phi) is 3.20. The number of furan rings is 1. The minimum absolute atomic E-state index is 0.173. The zero-order chi connectivity index (χ0) is 15.6. The van der Waals surface area contributed by atoms with E-state index in [1.165, 1.54) is 0 Å². The minimum Gasteiger partial charge on any atom is -0.432 e. The maximum Gasteiger partial charge on any atom is 0.300 e. The lowest BCUT2D eigenvalue weighted by Gasteiger charge is -2.08. The van der Waals surface area contributed by atoms with Crippen molar-refractivity contribution in [2.45, 2.75) is 0 Å². The zero-order valence-corrected chi connectivity index (χ0v) is 12.2. The molecule has 4 nitrogen and oxygen atoms in total. The summed E-state index contributed by atoms with van der Waals surface area (Å²) in [6, 6.07) is 22.1. The first-order valence-corrected chi connectivity index (χ1v) is 7.22. The second-order valence-electron chi connectivity index (χ2n) is 5.13. The molecule has 0 radical (unpaired) electrons. The van der Waals surface area contributed by atoms with E-state index >= 15 is 0 Å². The molecule has 0 saturated heterocycles. The van der Waals surface area contributed by atoms with Gasteiger partial charge in [-0.15, -0.1) is 0 Å². The average molecular weight is 303 g/mol. The molecule has 0 aliphatic heterocycles. The van der Waals surface area contributed by atoms with Gasteiger partial charge in [0, 0.05) is 11.5 Å². The van der Waals surface area contributed by atoms with Crippen LogP contribution in [0, 0.1) is 0 Å². The maximum absolute atomic E-state index is 10.5. The van der Waals surface area contributed by atoms with Crippen molar-refractivity contribution in [3.63, 3.8) is 0 Å². The van der Waals surface area contributed by atoms with Gasteiger partial charge in [0.05, 0.1) is 16.9 Å². The van der Waals surface area contributed by atoms with E-state index in [1.807, 2.05) is 30.3 Å². The van der Waals surface area contributed by atoms with Crippen LogP contribution in [0.4, 0.5) is 0 Å². The Morgan fingerprint density at radius 3 is 2.57 bits per heavy atom. The molecule has 4 rings (SSSR count). The van der Waals surface area contributed by atoms with E-state index in [4.69, 9.17) is 9.15 Å². The zero-order valence-electron chi connectivity index (χ0n) is 12.2. The molecule has 0 spiro atoms. The van der Waals surface area contributed by atoms with Crippen LogP contribution in [0.5, 0.6) is 5.95 Å². The summed E-state index contributed by atoms with van der Waals surface area (Å²) >= 11 is 0. The topological polar surface area (TPSA) is 44.4 Å². The highest BCUT2D eigenvalue weighted by atomic mass is 16.6. The van der Waals surface area contributed by atoms with Crippen molar-refractivity contribution in [1.29, 1.82) is 0 Å². The first kappa shape index (κ1) is 13.4. The minimum atomic E-state index is 0.173. The number of carbonyl (C=O) groups is 1. The van der Waals surface area contributed by atoms with Crippen LogP contribution in [0.1, 0.15) is 0 Å². The third kappa shape index (κ3) is 2.30. The van der Waals surface area contributed by atoms with E-state index in [1.54, 1.807) is 12.3 Å². The number of hydrogen-bond acceptors (Lipinski definition) is 3. The highest BCUT2D eigenvalue weighted by Crippen LogP contribution is 2.33. The van der Waals surface area contributed by atoms with Crippen LogP contribution in [0.3, 0.4) is 0 Å². The summed E-state index contributed by atoms with van der Waals surface area (Å²) in [6.07, 6.45) is 1.58. The van der Waals surface area contributed by atoms with Crippen molar-refractivity contribution in [3.8, 4) is 22.9 Å². The molecule has 2 aromatic carbocycles. The molecule has 0 bridgehead atoms. The van der Waals surface area contributed by atoms with E-state index in [0.717, 1.165) is 27.8 Å². The Hall–Kier alpha value is -3.27. The predicted molar refractivity (Wildman–Crippen MR) is 87.7 cm³/mol. The van der Waals surface area contributed by atoms with Gasteiger partial charge >= 0.3 is 6.47 Å². The van der Waals surface area contributed by atoms with Gasteiger partial charge in [0.15, 0.2) is 0 Å². The summed E-state index contributed by atoms with van der Waals surface area (Å²) in [7, 11) is 0. The Bertz CT molecular complexity index is 967. The molecule has 0 N–H and O–H groups in total. The third-order valence-electron chi connectivity index (χ3n) is 3.76. The highest BCUT2D eigenvalue weighted by molar-refractivity contribution is 5.89. The number of nitrogens with zero attached hydrogens (tertiary/aromatic N) is 1. The number of carbonyl (C=O) groups excluding carboxylic acids is 1. The number of aromatic nitrogens is 1. The summed E-state index contributed by atoms with van der Waals surface area (Å²) in [6.45, 7) is 0.356. The lowest BCUT2D eigenvalue weighted by atomic mass is 10.1. The summed E-state index contributed by atoms with van der Waals surface area (Å²) in [5, 5.41) is 1.13. The van der Waals surface area contributed by atoms with Crippen LogP contribution in [0.2, 0.25) is 0 Å². The fraction of sp³-hybridized carbons (Fsp3) is 0. The summed E-state index contributed by atoms with van der Waals surface area (Å²) in [5.74, 6) is 0.173. The van der Waals surface area contributed by atoms with Gasteiger partial charge in [-0.1, -0.05) is 48.5 Å². The van der Waals surface area contributed by atoms with E-state index in [0.29, 0.717) is 6.47 Å². The van der Waals surface area contributed by atoms with Crippen LogP contribution in [-0.2, 0) is 4.79 Å². The van der Waals surface area contributed by atoms with E-state index in [-0.39, 0.29) is 5.95 Å².